The molecule has 0 saturated carbocycles. The normalized spacial score (nSPS) is 11.9. The zero-order valence-electron chi connectivity index (χ0n) is 16.0. The van der Waals surface area contributed by atoms with E-state index in [2.05, 4.69) is 20.6 Å². The Morgan fingerprint density at radius 1 is 1.03 bits per heavy atom. The zero-order chi connectivity index (χ0) is 21.1. The number of hydrogen-bond acceptors (Lipinski definition) is 7. The minimum Gasteiger partial charge on any atom is -0.451 e. The molecule has 4 rings (SSSR count). The van der Waals surface area contributed by atoms with Crippen LogP contribution < -0.4 is 10.9 Å². The lowest BCUT2D eigenvalue weighted by molar-refractivity contribution is -0.154. The van der Waals surface area contributed by atoms with Crippen LogP contribution in [0, 0.1) is 0 Å². The standard InChI is InChI=1S/C21H17N5O4/c1-13(20(28)23-17-10-4-9-16-14(17)7-5-11-22-16)30-19(27)12-26-21(29)15-6-2-3-8-18(15)24-25-26/h2-11,13H,12H2,1H3,(H,23,28). The van der Waals surface area contributed by atoms with Gasteiger partial charge in [-0.05, 0) is 43.3 Å². The highest BCUT2D eigenvalue weighted by molar-refractivity contribution is 6.02. The first kappa shape index (κ1) is 19.2. The van der Waals surface area contributed by atoms with E-state index >= 15 is 0 Å². The lowest BCUT2D eigenvalue weighted by Crippen LogP contribution is -2.34. The molecule has 1 amide bonds. The number of anilines is 1. The molecule has 0 aliphatic rings. The molecule has 0 spiro atoms. The molecule has 1 N–H and O–H groups in total. The van der Waals surface area contributed by atoms with E-state index in [-0.39, 0.29) is 0 Å². The van der Waals surface area contributed by atoms with Gasteiger partial charge in [-0.1, -0.05) is 23.4 Å². The number of fused-ring (bicyclic) bond motifs is 2. The van der Waals surface area contributed by atoms with Gasteiger partial charge in [-0.15, -0.1) is 5.10 Å². The molecule has 2 heterocycles. The van der Waals surface area contributed by atoms with Crippen LogP contribution in [0.15, 0.2) is 65.6 Å². The van der Waals surface area contributed by atoms with Gasteiger partial charge in [0.25, 0.3) is 11.5 Å². The predicted molar refractivity (Wildman–Crippen MR) is 110 cm³/mol. The summed E-state index contributed by atoms with van der Waals surface area (Å²) in [7, 11) is 0. The number of ether oxygens (including phenoxy) is 1. The van der Waals surface area contributed by atoms with Gasteiger partial charge in [-0.3, -0.25) is 19.4 Å². The fourth-order valence-corrected chi connectivity index (χ4v) is 2.98. The van der Waals surface area contributed by atoms with Crippen LogP contribution in [0.1, 0.15) is 6.92 Å². The molecule has 1 atom stereocenters. The van der Waals surface area contributed by atoms with Crippen molar-refractivity contribution in [2.75, 3.05) is 5.32 Å². The summed E-state index contributed by atoms with van der Waals surface area (Å²) in [6.45, 7) is 0.998. The summed E-state index contributed by atoms with van der Waals surface area (Å²) in [5, 5.41) is 11.5. The van der Waals surface area contributed by atoms with Crippen molar-refractivity contribution in [1.29, 1.82) is 0 Å². The Kier molecular flexibility index (Phi) is 5.17. The lowest BCUT2D eigenvalue weighted by atomic mass is 10.2. The molecule has 9 heteroatoms. The Morgan fingerprint density at radius 2 is 1.80 bits per heavy atom. The maximum absolute atomic E-state index is 12.5. The van der Waals surface area contributed by atoms with Gasteiger partial charge in [0.1, 0.15) is 12.1 Å². The molecule has 9 nitrogen and oxygen atoms in total. The summed E-state index contributed by atoms with van der Waals surface area (Å²) < 4.78 is 6.08. The second kappa shape index (κ2) is 8.08. The number of benzene rings is 2. The van der Waals surface area contributed by atoms with Crippen molar-refractivity contribution >= 4 is 39.4 Å². The minimum absolute atomic E-state index is 0.343. The lowest BCUT2D eigenvalue weighted by Gasteiger charge is -2.14. The summed E-state index contributed by atoms with van der Waals surface area (Å²) in [6.07, 6.45) is 0.587. The largest absolute Gasteiger partial charge is 0.451 e. The third-order valence-corrected chi connectivity index (χ3v) is 4.49. The van der Waals surface area contributed by atoms with Gasteiger partial charge in [-0.25, -0.2) is 0 Å². The molecule has 0 bridgehead atoms. The summed E-state index contributed by atoms with van der Waals surface area (Å²) in [5.41, 5.74) is 1.27. The Morgan fingerprint density at radius 3 is 2.67 bits per heavy atom. The summed E-state index contributed by atoms with van der Waals surface area (Å²) >= 11 is 0. The van der Waals surface area contributed by atoms with Gasteiger partial charge in [0.2, 0.25) is 0 Å². The maximum atomic E-state index is 12.5. The van der Waals surface area contributed by atoms with E-state index in [0.717, 1.165) is 15.6 Å². The van der Waals surface area contributed by atoms with Crippen LogP contribution in [-0.2, 0) is 20.9 Å². The van der Waals surface area contributed by atoms with Crippen molar-refractivity contribution in [2.24, 2.45) is 0 Å². The Bertz CT molecular complexity index is 1310. The molecule has 0 aliphatic carbocycles. The van der Waals surface area contributed by atoms with Gasteiger partial charge < -0.3 is 10.1 Å². The van der Waals surface area contributed by atoms with Gasteiger partial charge >= 0.3 is 5.97 Å². The van der Waals surface area contributed by atoms with Gasteiger partial charge in [0.15, 0.2) is 6.10 Å². The summed E-state index contributed by atoms with van der Waals surface area (Å²) in [4.78, 5) is 41.4. The number of hydrogen-bond donors (Lipinski definition) is 1. The van der Waals surface area contributed by atoms with Crippen LogP contribution >= 0.6 is 0 Å². The first-order chi connectivity index (χ1) is 14.5. The number of pyridine rings is 1. The van der Waals surface area contributed by atoms with Crippen molar-refractivity contribution in [3.8, 4) is 0 Å². The number of rotatable bonds is 5. The molecule has 0 saturated heterocycles. The van der Waals surface area contributed by atoms with E-state index in [1.54, 1.807) is 48.7 Å². The quantitative estimate of drug-likeness (QED) is 0.506. The highest BCUT2D eigenvalue weighted by Crippen LogP contribution is 2.21. The van der Waals surface area contributed by atoms with Crippen molar-refractivity contribution in [3.63, 3.8) is 0 Å². The molecule has 0 aliphatic heterocycles. The van der Waals surface area contributed by atoms with Crippen molar-refractivity contribution in [2.45, 2.75) is 19.6 Å². The summed E-state index contributed by atoms with van der Waals surface area (Å²) in [5.74, 6) is -1.28. The van der Waals surface area contributed by atoms with E-state index in [1.165, 1.54) is 6.92 Å². The molecule has 2 aromatic carbocycles. The predicted octanol–water partition coefficient (Wildman–Crippen LogP) is 1.91. The van der Waals surface area contributed by atoms with Gasteiger partial charge in [-0.2, -0.15) is 4.68 Å². The number of esters is 1. The molecule has 0 radical (unpaired) electrons. The first-order valence-electron chi connectivity index (χ1n) is 9.19. The molecule has 0 fully saturated rings. The number of nitrogens with one attached hydrogen (secondary N) is 1. The Labute approximate surface area is 170 Å². The van der Waals surface area contributed by atoms with Crippen LogP contribution in [-0.4, -0.2) is 38.0 Å². The van der Waals surface area contributed by atoms with Crippen molar-refractivity contribution in [1.82, 2.24) is 20.0 Å². The van der Waals surface area contributed by atoms with E-state index in [4.69, 9.17) is 4.74 Å². The highest BCUT2D eigenvalue weighted by atomic mass is 16.5. The maximum Gasteiger partial charge on any atom is 0.328 e. The minimum atomic E-state index is -1.08. The third-order valence-electron chi connectivity index (χ3n) is 4.49. The molecular weight excluding hydrogens is 386 g/mol. The highest BCUT2D eigenvalue weighted by Gasteiger charge is 2.20. The van der Waals surface area contributed by atoms with Gasteiger partial charge in [0, 0.05) is 11.6 Å². The number of carbonyl (C=O) groups excluding carboxylic acids is 2. The van der Waals surface area contributed by atoms with Crippen LogP contribution in [0.3, 0.4) is 0 Å². The molecule has 1 unspecified atom stereocenters. The van der Waals surface area contributed by atoms with Crippen LogP contribution in [0.5, 0.6) is 0 Å². The van der Waals surface area contributed by atoms with Crippen LogP contribution in [0.2, 0.25) is 0 Å². The van der Waals surface area contributed by atoms with E-state index in [1.807, 2.05) is 12.1 Å². The SMILES string of the molecule is CC(OC(=O)Cn1nnc2ccccc2c1=O)C(=O)Nc1cccc2ncccc12. The van der Waals surface area contributed by atoms with Crippen molar-refractivity contribution < 1.29 is 14.3 Å². The van der Waals surface area contributed by atoms with Crippen molar-refractivity contribution in [3.05, 3.63) is 71.1 Å². The average Bonchev–Trinajstić information content (AvgIpc) is 2.76. The second-order valence-electron chi connectivity index (χ2n) is 6.57. The summed E-state index contributed by atoms with van der Waals surface area (Å²) in [6, 6.07) is 15.6. The van der Waals surface area contributed by atoms with E-state index in [0.29, 0.717) is 16.6 Å². The second-order valence-corrected chi connectivity index (χ2v) is 6.57. The molecule has 2 aromatic heterocycles. The molecule has 4 aromatic rings. The number of aromatic nitrogens is 4. The Balaban J connectivity index is 1.44. The van der Waals surface area contributed by atoms with Crippen LogP contribution in [0.4, 0.5) is 5.69 Å². The van der Waals surface area contributed by atoms with Gasteiger partial charge in [0.05, 0.1) is 16.6 Å². The Hall–Kier alpha value is -4.14. The molecule has 150 valence electrons. The van der Waals surface area contributed by atoms with Crippen LogP contribution in [0.25, 0.3) is 21.8 Å². The zero-order valence-corrected chi connectivity index (χ0v) is 16.0. The molecular formula is C21H17N5O4. The number of nitrogens with zero attached hydrogens (tertiary/aromatic N) is 4. The van der Waals surface area contributed by atoms with E-state index in [9.17, 15) is 14.4 Å². The fraction of sp³-hybridized carbons (Fsp3) is 0.143. The van der Waals surface area contributed by atoms with E-state index < -0.39 is 30.1 Å². The number of amides is 1. The topological polar surface area (TPSA) is 116 Å². The first-order valence-corrected chi connectivity index (χ1v) is 9.19. The fourth-order valence-electron chi connectivity index (χ4n) is 2.98. The third kappa shape index (κ3) is 3.86. The number of carbonyl (C=O) groups is 2. The smallest absolute Gasteiger partial charge is 0.328 e. The monoisotopic (exact) mass is 403 g/mol. The molecule has 30 heavy (non-hydrogen) atoms. The average molecular weight is 403 g/mol.